The summed E-state index contributed by atoms with van der Waals surface area (Å²) in [6.45, 7) is 1.83. The van der Waals surface area contributed by atoms with E-state index in [1.54, 1.807) is 43.4 Å². The molecule has 0 aliphatic carbocycles. The number of anilines is 1. The van der Waals surface area contributed by atoms with Gasteiger partial charge in [-0.15, -0.1) is 0 Å². The molecule has 0 radical (unpaired) electrons. The third-order valence-electron chi connectivity index (χ3n) is 5.27. The Morgan fingerprint density at radius 2 is 1.65 bits per heavy atom. The standard InChI is InChI=1S/C23H29N3O5/c1-29-18-7-9-19(10-8-18)31-16-22(27)24-15-17-11-13-26(14-12-17)23(28)25-20-5-3-4-6-21(20)30-2/h3-10,17H,11-16H2,1-2H3,(H,24,27)(H,25,28). The van der Waals surface area contributed by atoms with Crippen LogP contribution >= 0.6 is 0 Å². The number of amides is 3. The number of urea groups is 1. The van der Waals surface area contributed by atoms with E-state index in [0.717, 1.165) is 18.6 Å². The summed E-state index contributed by atoms with van der Waals surface area (Å²) in [4.78, 5) is 26.4. The third-order valence-corrected chi connectivity index (χ3v) is 5.27. The lowest BCUT2D eigenvalue weighted by Crippen LogP contribution is -2.43. The highest BCUT2D eigenvalue weighted by molar-refractivity contribution is 5.91. The fraction of sp³-hybridized carbons (Fsp3) is 0.391. The monoisotopic (exact) mass is 427 g/mol. The molecule has 1 aliphatic rings. The lowest BCUT2D eigenvalue weighted by molar-refractivity contribution is -0.123. The van der Waals surface area contributed by atoms with Crippen molar-refractivity contribution in [2.24, 2.45) is 5.92 Å². The number of para-hydroxylation sites is 2. The molecule has 8 nitrogen and oxygen atoms in total. The Morgan fingerprint density at radius 3 is 2.32 bits per heavy atom. The van der Waals surface area contributed by atoms with Crippen LogP contribution in [-0.4, -0.2) is 57.3 Å². The van der Waals surface area contributed by atoms with Gasteiger partial charge in [0, 0.05) is 19.6 Å². The molecule has 2 aromatic carbocycles. The van der Waals surface area contributed by atoms with Gasteiger partial charge in [0.25, 0.3) is 5.91 Å². The van der Waals surface area contributed by atoms with E-state index in [1.165, 1.54) is 0 Å². The normalized spacial score (nSPS) is 13.9. The van der Waals surface area contributed by atoms with Crippen LogP contribution in [0.5, 0.6) is 17.2 Å². The molecule has 0 saturated carbocycles. The highest BCUT2D eigenvalue weighted by Gasteiger charge is 2.23. The fourth-order valence-electron chi connectivity index (χ4n) is 3.41. The molecule has 1 saturated heterocycles. The first-order valence-electron chi connectivity index (χ1n) is 10.3. The smallest absolute Gasteiger partial charge is 0.321 e. The van der Waals surface area contributed by atoms with Crippen LogP contribution in [0.15, 0.2) is 48.5 Å². The van der Waals surface area contributed by atoms with E-state index in [0.29, 0.717) is 42.7 Å². The summed E-state index contributed by atoms with van der Waals surface area (Å²) in [7, 11) is 3.17. The quantitative estimate of drug-likeness (QED) is 0.676. The summed E-state index contributed by atoms with van der Waals surface area (Å²) >= 11 is 0. The molecule has 0 aromatic heterocycles. The minimum absolute atomic E-state index is 0.0352. The number of piperidine rings is 1. The maximum atomic E-state index is 12.5. The molecule has 166 valence electrons. The number of nitrogens with zero attached hydrogens (tertiary/aromatic N) is 1. The predicted octanol–water partition coefficient (Wildman–Crippen LogP) is 3.14. The summed E-state index contributed by atoms with van der Waals surface area (Å²) in [6, 6.07) is 14.3. The van der Waals surface area contributed by atoms with Gasteiger partial charge in [0.15, 0.2) is 6.61 Å². The van der Waals surface area contributed by atoms with E-state index in [1.807, 2.05) is 24.3 Å². The van der Waals surface area contributed by atoms with Gasteiger partial charge in [-0.05, 0) is 55.2 Å². The average molecular weight is 428 g/mol. The van der Waals surface area contributed by atoms with Crippen molar-refractivity contribution in [3.8, 4) is 17.2 Å². The zero-order chi connectivity index (χ0) is 22.1. The second-order valence-electron chi connectivity index (χ2n) is 7.33. The maximum Gasteiger partial charge on any atom is 0.321 e. The van der Waals surface area contributed by atoms with Crippen molar-refractivity contribution >= 4 is 17.6 Å². The van der Waals surface area contributed by atoms with Crippen LogP contribution in [0.1, 0.15) is 12.8 Å². The Hall–Kier alpha value is -3.42. The average Bonchev–Trinajstić information content (AvgIpc) is 2.82. The van der Waals surface area contributed by atoms with Crippen molar-refractivity contribution in [2.75, 3.05) is 45.8 Å². The van der Waals surface area contributed by atoms with Crippen molar-refractivity contribution < 1.29 is 23.8 Å². The van der Waals surface area contributed by atoms with Crippen molar-refractivity contribution in [3.05, 3.63) is 48.5 Å². The molecule has 0 spiro atoms. The Bertz CT molecular complexity index is 864. The molecule has 0 atom stereocenters. The summed E-state index contributed by atoms with van der Waals surface area (Å²) in [5.41, 5.74) is 0.654. The van der Waals surface area contributed by atoms with E-state index in [2.05, 4.69) is 10.6 Å². The number of rotatable bonds is 8. The van der Waals surface area contributed by atoms with Crippen molar-refractivity contribution in [1.82, 2.24) is 10.2 Å². The molecule has 0 bridgehead atoms. The van der Waals surface area contributed by atoms with Gasteiger partial charge in [-0.2, -0.15) is 0 Å². The number of benzene rings is 2. The molecule has 8 heteroatoms. The molecule has 2 aromatic rings. The van der Waals surface area contributed by atoms with Gasteiger partial charge in [0.1, 0.15) is 17.2 Å². The molecule has 2 N–H and O–H groups in total. The van der Waals surface area contributed by atoms with Gasteiger partial charge in [0.05, 0.1) is 19.9 Å². The summed E-state index contributed by atoms with van der Waals surface area (Å²) < 4.78 is 15.9. The van der Waals surface area contributed by atoms with Gasteiger partial charge >= 0.3 is 6.03 Å². The molecule has 0 unspecified atom stereocenters. The number of methoxy groups -OCH3 is 2. The van der Waals surface area contributed by atoms with Gasteiger partial charge in [-0.3, -0.25) is 4.79 Å². The van der Waals surface area contributed by atoms with E-state index >= 15 is 0 Å². The Kier molecular flexibility index (Phi) is 7.98. The summed E-state index contributed by atoms with van der Waals surface area (Å²) in [5, 5.41) is 5.82. The Morgan fingerprint density at radius 1 is 0.968 bits per heavy atom. The van der Waals surface area contributed by atoms with Crippen LogP contribution in [0.4, 0.5) is 10.5 Å². The topological polar surface area (TPSA) is 89.1 Å². The fourth-order valence-corrected chi connectivity index (χ4v) is 3.41. The summed E-state index contributed by atoms with van der Waals surface area (Å²) in [5.74, 6) is 2.16. The first-order chi connectivity index (χ1) is 15.1. The molecule has 31 heavy (non-hydrogen) atoms. The minimum Gasteiger partial charge on any atom is -0.497 e. The van der Waals surface area contributed by atoms with Crippen molar-refractivity contribution in [2.45, 2.75) is 12.8 Å². The second kappa shape index (κ2) is 11.1. The Balaban J connectivity index is 1.35. The molecule has 3 rings (SSSR count). The lowest BCUT2D eigenvalue weighted by atomic mass is 9.97. The number of hydrogen-bond acceptors (Lipinski definition) is 5. The molecular weight excluding hydrogens is 398 g/mol. The largest absolute Gasteiger partial charge is 0.497 e. The van der Waals surface area contributed by atoms with E-state index in [-0.39, 0.29) is 18.5 Å². The molecule has 3 amide bonds. The minimum atomic E-state index is -0.160. The van der Waals surface area contributed by atoms with Gasteiger partial charge in [-0.1, -0.05) is 12.1 Å². The van der Waals surface area contributed by atoms with Crippen molar-refractivity contribution in [3.63, 3.8) is 0 Å². The lowest BCUT2D eigenvalue weighted by Gasteiger charge is -2.32. The van der Waals surface area contributed by atoms with Gasteiger partial charge < -0.3 is 29.7 Å². The van der Waals surface area contributed by atoms with Crippen LogP contribution in [0.25, 0.3) is 0 Å². The highest BCUT2D eigenvalue weighted by Crippen LogP contribution is 2.24. The molecule has 1 fully saturated rings. The molecular formula is C23H29N3O5. The SMILES string of the molecule is COc1ccc(OCC(=O)NCC2CCN(C(=O)Nc3ccccc3OC)CC2)cc1. The van der Waals surface area contributed by atoms with Crippen LogP contribution < -0.4 is 24.8 Å². The van der Waals surface area contributed by atoms with Crippen LogP contribution in [0.2, 0.25) is 0 Å². The molecule has 1 heterocycles. The third kappa shape index (κ3) is 6.53. The van der Waals surface area contributed by atoms with Crippen LogP contribution in [0, 0.1) is 5.92 Å². The second-order valence-corrected chi connectivity index (χ2v) is 7.33. The first kappa shape index (κ1) is 22.3. The van der Waals surface area contributed by atoms with Gasteiger partial charge in [0.2, 0.25) is 0 Å². The number of carbonyl (C=O) groups is 2. The van der Waals surface area contributed by atoms with Crippen molar-refractivity contribution in [1.29, 1.82) is 0 Å². The number of likely N-dealkylation sites (tertiary alicyclic amines) is 1. The summed E-state index contributed by atoms with van der Waals surface area (Å²) in [6.07, 6.45) is 1.66. The zero-order valence-corrected chi connectivity index (χ0v) is 17.9. The van der Waals surface area contributed by atoms with E-state index < -0.39 is 0 Å². The number of ether oxygens (including phenoxy) is 3. The maximum absolute atomic E-state index is 12.5. The first-order valence-corrected chi connectivity index (χ1v) is 10.3. The Labute approximate surface area is 182 Å². The van der Waals surface area contributed by atoms with Crippen LogP contribution in [-0.2, 0) is 4.79 Å². The van der Waals surface area contributed by atoms with Crippen LogP contribution in [0.3, 0.4) is 0 Å². The highest BCUT2D eigenvalue weighted by atomic mass is 16.5. The number of carbonyl (C=O) groups excluding carboxylic acids is 2. The molecule has 1 aliphatic heterocycles. The van der Waals surface area contributed by atoms with E-state index in [9.17, 15) is 9.59 Å². The van der Waals surface area contributed by atoms with E-state index in [4.69, 9.17) is 14.2 Å². The number of nitrogens with one attached hydrogen (secondary N) is 2. The predicted molar refractivity (Wildman–Crippen MR) is 118 cm³/mol. The number of hydrogen-bond donors (Lipinski definition) is 2. The zero-order valence-electron chi connectivity index (χ0n) is 17.9. The van der Waals surface area contributed by atoms with Gasteiger partial charge in [-0.25, -0.2) is 4.79 Å².